The topological polar surface area (TPSA) is 21.3 Å². The van der Waals surface area contributed by atoms with Crippen LogP contribution in [0.25, 0.3) is 0 Å². The highest BCUT2D eigenvalue weighted by Crippen LogP contribution is 2.31. The van der Waals surface area contributed by atoms with Crippen LogP contribution in [-0.2, 0) is 6.54 Å². The predicted octanol–water partition coefficient (Wildman–Crippen LogP) is 5.89. The lowest BCUT2D eigenvalue weighted by Gasteiger charge is -2.20. The number of ether oxygens (including phenoxy) is 1. The van der Waals surface area contributed by atoms with E-state index in [0.717, 1.165) is 27.0 Å². The average Bonchev–Trinajstić information content (AvgIpc) is 2.38. The maximum absolute atomic E-state index is 5.89. The molecule has 0 aliphatic carbocycles. The summed E-state index contributed by atoms with van der Waals surface area (Å²) in [6.45, 7) is 7.31. The molecule has 21 heavy (non-hydrogen) atoms. The van der Waals surface area contributed by atoms with Crippen molar-refractivity contribution in [3.63, 3.8) is 0 Å². The van der Waals surface area contributed by atoms with E-state index in [4.69, 9.17) is 4.74 Å². The first-order valence-corrected chi connectivity index (χ1v) is 8.39. The van der Waals surface area contributed by atoms with Gasteiger partial charge >= 0.3 is 0 Å². The maximum atomic E-state index is 5.89. The van der Waals surface area contributed by atoms with Crippen molar-refractivity contribution in [2.45, 2.75) is 32.9 Å². The smallest absolute Gasteiger partial charge is 0.141 e. The van der Waals surface area contributed by atoms with Crippen LogP contribution in [0.5, 0.6) is 11.5 Å². The van der Waals surface area contributed by atoms with Gasteiger partial charge in [0.25, 0.3) is 0 Å². The Morgan fingerprint density at radius 3 is 2.43 bits per heavy atom. The molecule has 0 aliphatic rings. The summed E-state index contributed by atoms with van der Waals surface area (Å²) in [5.41, 5.74) is 1.33. The van der Waals surface area contributed by atoms with Crippen LogP contribution >= 0.6 is 31.9 Å². The molecule has 0 spiro atoms. The molecule has 4 heteroatoms. The Balaban J connectivity index is 2.09. The molecular weight excluding hydrogens is 394 g/mol. The number of hydrogen-bond acceptors (Lipinski definition) is 2. The molecule has 0 atom stereocenters. The van der Waals surface area contributed by atoms with Crippen molar-refractivity contribution in [3.8, 4) is 11.5 Å². The number of benzene rings is 2. The second-order valence-electron chi connectivity index (χ2n) is 5.93. The van der Waals surface area contributed by atoms with Gasteiger partial charge in [-0.05, 0) is 72.6 Å². The van der Waals surface area contributed by atoms with Gasteiger partial charge in [-0.2, -0.15) is 0 Å². The van der Waals surface area contributed by atoms with Crippen LogP contribution in [0.2, 0.25) is 0 Å². The van der Waals surface area contributed by atoms with Crippen molar-refractivity contribution in [2.75, 3.05) is 0 Å². The summed E-state index contributed by atoms with van der Waals surface area (Å²) >= 11 is 7.02. The van der Waals surface area contributed by atoms with Crippen LogP contribution in [0.4, 0.5) is 0 Å². The van der Waals surface area contributed by atoms with Crippen molar-refractivity contribution in [1.82, 2.24) is 5.32 Å². The highest BCUT2D eigenvalue weighted by Gasteiger charge is 2.10. The third-order valence-corrected chi connectivity index (χ3v) is 3.96. The molecule has 112 valence electrons. The molecular formula is C17H19Br2NO. The van der Waals surface area contributed by atoms with Crippen LogP contribution < -0.4 is 10.1 Å². The van der Waals surface area contributed by atoms with Crippen LogP contribution in [-0.4, -0.2) is 5.54 Å². The maximum Gasteiger partial charge on any atom is 0.141 e. The zero-order chi connectivity index (χ0) is 15.5. The Hall–Kier alpha value is -0.840. The average molecular weight is 413 g/mol. The summed E-state index contributed by atoms with van der Waals surface area (Å²) in [7, 11) is 0. The third-order valence-electron chi connectivity index (χ3n) is 2.84. The van der Waals surface area contributed by atoms with Gasteiger partial charge in [0, 0.05) is 16.6 Å². The summed E-state index contributed by atoms with van der Waals surface area (Å²) in [5.74, 6) is 1.62. The van der Waals surface area contributed by atoms with Crippen LogP contribution in [0, 0.1) is 0 Å². The lowest BCUT2D eigenvalue weighted by molar-refractivity contribution is 0.424. The zero-order valence-corrected chi connectivity index (χ0v) is 15.6. The van der Waals surface area contributed by atoms with E-state index in [2.05, 4.69) is 70.1 Å². The summed E-state index contributed by atoms with van der Waals surface area (Å²) in [6.07, 6.45) is 0. The Morgan fingerprint density at radius 1 is 1.05 bits per heavy atom. The largest absolute Gasteiger partial charge is 0.456 e. The van der Waals surface area contributed by atoms with Gasteiger partial charge in [0.15, 0.2) is 0 Å². The van der Waals surface area contributed by atoms with Crippen molar-refractivity contribution in [3.05, 3.63) is 57.0 Å². The Bertz CT molecular complexity index is 620. The van der Waals surface area contributed by atoms with Crippen molar-refractivity contribution in [2.24, 2.45) is 0 Å². The lowest BCUT2D eigenvalue weighted by Crippen LogP contribution is -2.35. The Labute approximate surface area is 143 Å². The van der Waals surface area contributed by atoms with Crippen molar-refractivity contribution >= 4 is 31.9 Å². The van der Waals surface area contributed by atoms with Crippen molar-refractivity contribution < 1.29 is 4.74 Å². The van der Waals surface area contributed by atoms with Gasteiger partial charge in [-0.15, -0.1) is 0 Å². The van der Waals surface area contributed by atoms with Crippen molar-refractivity contribution in [1.29, 1.82) is 0 Å². The summed E-state index contributed by atoms with van der Waals surface area (Å²) in [5, 5.41) is 3.47. The molecule has 0 unspecified atom stereocenters. The standard InChI is InChI=1S/C17H19Br2NO/c1-17(2,3)20-11-12-7-8-16(15(19)9-12)21-14-6-4-5-13(18)10-14/h4-10,20H,11H2,1-3H3. The van der Waals surface area contributed by atoms with E-state index >= 15 is 0 Å². The number of hydrogen-bond donors (Lipinski definition) is 1. The van der Waals surface area contributed by atoms with Gasteiger partial charge in [0.05, 0.1) is 4.47 Å². The lowest BCUT2D eigenvalue weighted by atomic mass is 10.1. The minimum absolute atomic E-state index is 0.109. The molecule has 1 N–H and O–H groups in total. The van der Waals surface area contributed by atoms with Crippen LogP contribution in [0.1, 0.15) is 26.3 Å². The van der Waals surface area contributed by atoms with Crippen LogP contribution in [0.3, 0.4) is 0 Å². The molecule has 0 fully saturated rings. The molecule has 0 aromatic heterocycles. The van der Waals surface area contributed by atoms with E-state index in [-0.39, 0.29) is 5.54 Å². The molecule has 0 heterocycles. The van der Waals surface area contributed by atoms with Gasteiger partial charge < -0.3 is 10.1 Å². The first-order valence-electron chi connectivity index (χ1n) is 6.80. The Kier molecular flexibility index (Phi) is 5.47. The van der Waals surface area contributed by atoms with Gasteiger partial charge in [-0.25, -0.2) is 0 Å². The molecule has 2 aromatic rings. The summed E-state index contributed by atoms with van der Waals surface area (Å²) < 4.78 is 7.85. The first kappa shape index (κ1) is 16.5. The molecule has 2 rings (SSSR count). The highest BCUT2D eigenvalue weighted by molar-refractivity contribution is 9.10. The van der Waals surface area contributed by atoms with E-state index in [1.807, 2.05) is 30.3 Å². The second kappa shape index (κ2) is 6.95. The van der Waals surface area contributed by atoms with E-state index in [1.54, 1.807) is 0 Å². The highest BCUT2D eigenvalue weighted by atomic mass is 79.9. The molecule has 0 saturated heterocycles. The fourth-order valence-electron chi connectivity index (χ4n) is 1.76. The van der Waals surface area contributed by atoms with E-state index in [9.17, 15) is 0 Å². The minimum Gasteiger partial charge on any atom is -0.456 e. The number of rotatable bonds is 4. The van der Waals surface area contributed by atoms with E-state index < -0.39 is 0 Å². The Morgan fingerprint density at radius 2 is 1.81 bits per heavy atom. The predicted molar refractivity (Wildman–Crippen MR) is 95.0 cm³/mol. The molecule has 0 amide bonds. The minimum atomic E-state index is 0.109. The second-order valence-corrected chi connectivity index (χ2v) is 7.70. The van der Waals surface area contributed by atoms with E-state index in [1.165, 1.54) is 5.56 Å². The van der Waals surface area contributed by atoms with Gasteiger partial charge in [-0.1, -0.05) is 28.1 Å². The molecule has 2 nitrogen and oxygen atoms in total. The van der Waals surface area contributed by atoms with Crippen LogP contribution in [0.15, 0.2) is 51.4 Å². The normalized spacial score (nSPS) is 11.5. The molecule has 0 bridgehead atoms. The van der Waals surface area contributed by atoms with E-state index in [0.29, 0.717) is 0 Å². The summed E-state index contributed by atoms with van der Waals surface area (Å²) in [4.78, 5) is 0. The quantitative estimate of drug-likeness (QED) is 0.675. The fourth-order valence-corrected chi connectivity index (χ4v) is 2.65. The fraction of sp³-hybridized carbons (Fsp3) is 0.294. The van der Waals surface area contributed by atoms with Gasteiger partial charge in [-0.3, -0.25) is 0 Å². The third kappa shape index (κ3) is 5.46. The molecule has 0 radical (unpaired) electrons. The van der Waals surface area contributed by atoms with Gasteiger partial charge in [0.1, 0.15) is 11.5 Å². The summed E-state index contributed by atoms with van der Waals surface area (Å²) in [6, 6.07) is 14.0. The number of halogens is 2. The molecule has 0 aliphatic heterocycles. The SMILES string of the molecule is CC(C)(C)NCc1ccc(Oc2cccc(Br)c2)c(Br)c1. The monoisotopic (exact) mass is 411 g/mol. The zero-order valence-electron chi connectivity index (χ0n) is 12.4. The molecule has 2 aromatic carbocycles. The first-order chi connectivity index (χ1) is 9.83. The number of nitrogens with one attached hydrogen (secondary N) is 1. The van der Waals surface area contributed by atoms with Gasteiger partial charge in [0.2, 0.25) is 0 Å². The molecule has 0 saturated carbocycles.